The highest BCUT2D eigenvalue weighted by atomic mass is 19.1. The molecule has 3 nitrogen and oxygen atoms in total. The number of halogens is 1. The van der Waals surface area contributed by atoms with Gasteiger partial charge in [-0.1, -0.05) is 18.2 Å². The van der Waals surface area contributed by atoms with Gasteiger partial charge in [0.1, 0.15) is 12.6 Å². The Morgan fingerprint density at radius 3 is 2.53 bits per heavy atom. The predicted molar refractivity (Wildman–Crippen MR) is 61.1 cm³/mol. The molecule has 0 aliphatic heterocycles. The Morgan fingerprint density at radius 1 is 1.29 bits per heavy atom. The summed E-state index contributed by atoms with van der Waals surface area (Å²) in [5.41, 5.74) is 1.46. The summed E-state index contributed by atoms with van der Waals surface area (Å²) in [6, 6.07) is 6.25. The second-order valence-corrected chi connectivity index (χ2v) is 4.06. The number of methoxy groups -OCH3 is 1. The van der Waals surface area contributed by atoms with E-state index >= 15 is 0 Å². The van der Waals surface area contributed by atoms with Crippen molar-refractivity contribution in [3.05, 3.63) is 47.3 Å². The second-order valence-electron chi connectivity index (χ2n) is 4.06. The monoisotopic (exact) mass is 238 g/mol. The van der Waals surface area contributed by atoms with E-state index in [1.807, 2.05) is 6.08 Å². The molecule has 92 valence electrons. The van der Waals surface area contributed by atoms with Crippen molar-refractivity contribution < 1.29 is 19.0 Å². The van der Waals surface area contributed by atoms with Gasteiger partial charge in [-0.3, -0.25) is 0 Å². The average Bonchev–Trinajstić information content (AvgIpc) is 3.05. The first-order valence-corrected chi connectivity index (χ1v) is 5.39. The lowest BCUT2D eigenvalue weighted by Gasteiger charge is -2.18. The Bertz CT molecular complexity index is 413. The van der Waals surface area contributed by atoms with Crippen LogP contribution in [0, 0.1) is 5.82 Å². The number of hydrogen-bond donors (Lipinski definition) is 1. The maximum Gasteiger partial charge on any atom is 0.146 e. The summed E-state index contributed by atoms with van der Waals surface area (Å²) >= 11 is 0. The number of ether oxygens (including phenoxy) is 2. The molecular formula is C13H15FO3. The topological polar surface area (TPSA) is 38.7 Å². The Kier molecular flexibility index (Phi) is 3.57. The number of aliphatic hydroxyl groups is 1. The van der Waals surface area contributed by atoms with Crippen LogP contribution in [0.2, 0.25) is 0 Å². The van der Waals surface area contributed by atoms with Gasteiger partial charge in [-0.2, -0.15) is 0 Å². The lowest BCUT2D eigenvalue weighted by atomic mass is 9.91. The molecule has 0 saturated heterocycles. The van der Waals surface area contributed by atoms with Crippen LogP contribution in [0.25, 0.3) is 0 Å². The quantitative estimate of drug-likeness (QED) is 0.465. The smallest absolute Gasteiger partial charge is 0.146 e. The van der Waals surface area contributed by atoms with Gasteiger partial charge in [-0.25, -0.2) is 4.39 Å². The fraction of sp³-hybridized carbons (Fsp3) is 0.385. The normalized spacial score (nSPS) is 22.4. The molecule has 17 heavy (non-hydrogen) atoms. The van der Waals surface area contributed by atoms with Gasteiger partial charge in [0.05, 0.1) is 18.6 Å². The molecule has 1 atom stereocenters. The number of rotatable bonds is 6. The van der Waals surface area contributed by atoms with Crippen LogP contribution >= 0.6 is 0 Å². The molecule has 0 aromatic heterocycles. The number of aliphatic hydroxyl groups excluding tert-OH is 1. The van der Waals surface area contributed by atoms with Gasteiger partial charge in [-0.15, -0.1) is 0 Å². The minimum atomic E-state index is -0.374. The van der Waals surface area contributed by atoms with E-state index in [9.17, 15) is 9.50 Å². The Hall–Kier alpha value is -1.23. The molecule has 0 saturated carbocycles. The van der Waals surface area contributed by atoms with Crippen molar-refractivity contribution in [3.8, 4) is 0 Å². The summed E-state index contributed by atoms with van der Waals surface area (Å²) in [4.78, 5) is 0. The zero-order chi connectivity index (χ0) is 12.3. The van der Waals surface area contributed by atoms with E-state index in [1.54, 1.807) is 19.2 Å². The lowest BCUT2D eigenvalue weighted by Crippen LogP contribution is -2.21. The molecule has 0 amide bonds. The first-order chi connectivity index (χ1) is 8.23. The third-order valence-corrected chi connectivity index (χ3v) is 2.97. The minimum absolute atomic E-state index is 0.00623. The van der Waals surface area contributed by atoms with Crippen molar-refractivity contribution in [2.24, 2.45) is 0 Å². The van der Waals surface area contributed by atoms with E-state index in [0.29, 0.717) is 6.61 Å². The van der Waals surface area contributed by atoms with Crippen molar-refractivity contribution in [2.45, 2.75) is 5.41 Å². The first-order valence-electron chi connectivity index (χ1n) is 5.39. The molecule has 1 aromatic rings. The highest BCUT2D eigenvalue weighted by Crippen LogP contribution is 2.46. The molecule has 2 rings (SSSR count). The van der Waals surface area contributed by atoms with E-state index in [-0.39, 0.29) is 24.6 Å². The summed E-state index contributed by atoms with van der Waals surface area (Å²) < 4.78 is 23.0. The van der Waals surface area contributed by atoms with Crippen molar-refractivity contribution in [2.75, 3.05) is 27.1 Å². The summed E-state index contributed by atoms with van der Waals surface area (Å²) in [7, 11) is 1.55. The van der Waals surface area contributed by atoms with Crippen molar-refractivity contribution >= 4 is 0 Å². The summed E-state index contributed by atoms with van der Waals surface area (Å²) in [5, 5.41) is 9.18. The molecule has 0 spiro atoms. The number of benzene rings is 1. The molecule has 0 fully saturated rings. The van der Waals surface area contributed by atoms with Crippen molar-refractivity contribution in [1.82, 2.24) is 0 Å². The van der Waals surface area contributed by atoms with Crippen LogP contribution in [0.4, 0.5) is 4.39 Å². The Balaban J connectivity index is 2.10. The van der Waals surface area contributed by atoms with E-state index < -0.39 is 0 Å². The second kappa shape index (κ2) is 4.96. The Morgan fingerprint density at radius 2 is 2.00 bits per heavy atom. The van der Waals surface area contributed by atoms with Gasteiger partial charge in [0, 0.05) is 7.11 Å². The van der Waals surface area contributed by atoms with Crippen LogP contribution < -0.4 is 0 Å². The number of hydrogen-bond acceptors (Lipinski definition) is 3. The zero-order valence-electron chi connectivity index (χ0n) is 9.65. The molecule has 4 heteroatoms. The van der Waals surface area contributed by atoms with Crippen LogP contribution in [-0.4, -0.2) is 32.2 Å². The lowest BCUT2D eigenvalue weighted by molar-refractivity contribution is -0.0371. The highest BCUT2D eigenvalue weighted by Gasteiger charge is 2.45. The first kappa shape index (κ1) is 12.2. The van der Waals surface area contributed by atoms with E-state index in [2.05, 4.69) is 0 Å². The van der Waals surface area contributed by atoms with Gasteiger partial charge in [-0.05, 0) is 23.3 Å². The van der Waals surface area contributed by atoms with Gasteiger partial charge >= 0.3 is 0 Å². The third kappa shape index (κ3) is 2.39. The van der Waals surface area contributed by atoms with Gasteiger partial charge in [0.15, 0.2) is 0 Å². The minimum Gasteiger partial charge on any atom is -0.392 e. The molecule has 1 unspecified atom stereocenters. The third-order valence-electron chi connectivity index (χ3n) is 2.97. The standard InChI is InChI=1S/C13H15FO3/c1-16-9-17-8-13(6-11(13)7-15)10-2-4-12(14)5-3-10/h2-6,15H,7-9H2,1H3. The molecule has 1 N–H and O–H groups in total. The van der Waals surface area contributed by atoms with Gasteiger partial charge in [0.25, 0.3) is 0 Å². The van der Waals surface area contributed by atoms with Crippen molar-refractivity contribution in [3.63, 3.8) is 0 Å². The van der Waals surface area contributed by atoms with Crippen LogP contribution in [0.5, 0.6) is 0 Å². The molecule has 1 aliphatic rings. The predicted octanol–water partition coefficient (Wildman–Crippen LogP) is 1.62. The summed E-state index contributed by atoms with van der Waals surface area (Å²) in [6.45, 7) is 0.603. The largest absolute Gasteiger partial charge is 0.392 e. The SMILES string of the molecule is COCOCC1(c2ccc(F)cc2)C=C1CO. The van der Waals surface area contributed by atoms with Crippen LogP contribution in [0.3, 0.4) is 0 Å². The Labute approximate surface area is 99.5 Å². The van der Waals surface area contributed by atoms with Crippen molar-refractivity contribution in [1.29, 1.82) is 0 Å². The molecular weight excluding hydrogens is 223 g/mol. The molecule has 0 radical (unpaired) electrons. The summed E-state index contributed by atoms with van der Waals surface area (Å²) in [5.74, 6) is -0.270. The average molecular weight is 238 g/mol. The maximum atomic E-state index is 12.9. The van der Waals surface area contributed by atoms with Crippen LogP contribution in [0.15, 0.2) is 35.9 Å². The van der Waals surface area contributed by atoms with Gasteiger partial charge in [0.2, 0.25) is 0 Å². The summed E-state index contributed by atoms with van der Waals surface area (Å²) in [6.07, 6.45) is 1.94. The molecule has 1 aliphatic carbocycles. The fourth-order valence-corrected chi connectivity index (χ4v) is 1.97. The maximum absolute atomic E-state index is 12.9. The van der Waals surface area contributed by atoms with E-state index in [0.717, 1.165) is 11.1 Å². The molecule has 0 heterocycles. The van der Waals surface area contributed by atoms with E-state index in [4.69, 9.17) is 9.47 Å². The fourth-order valence-electron chi connectivity index (χ4n) is 1.97. The zero-order valence-corrected chi connectivity index (χ0v) is 9.65. The van der Waals surface area contributed by atoms with Crippen LogP contribution in [-0.2, 0) is 14.9 Å². The van der Waals surface area contributed by atoms with Crippen LogP contribution in [0.1, 0.15) is 5.56 Å². The molecule has 0 bridgehead atoms. The highest BCUT2D eigenvalue weighted by molar-refractivity contribution is 5.55. The molecule has 1 aromatic carbocycles. The van der Waals surface area contributed by atoms with E-state index in [1.165, 1.54) is 12.1 Å². The van der Waals surface area contributed by atoms with Gasteiger partial charge < -0.3 is 14.6 Å².